The van der Waals surface area contributed by atoms with Crippen molar-refractivity contribution in [3.05, 3.63) is 0 Å². The van der Waals surface area contributed by atoms with Gasteiger partial charge in [-0.15, -0.1) is 0 Å². The summed E-state index contributed by atoms with van der Waals surface area (Å²) in [5, 5.41) is 7.00. The molecule has 0 aromatic carbocycles. The maximum absolute atomic E-state index is 7.00. The second-order valence-electron chi connectivity index (χ2n) is 3.16. The zero-order chi connectivity index (χ0) is 9.23. The fraction of sp³-hybridized carbons (Fsp3) is 1.00. The van der Waals surface area contributed by atoms with Gasteiger partial charge in [0.25, 0.3) is 0 Å². The number of epoxide rings is 1. The van der Waals surface area contributed by atoms with Crippen molar-refractivity contribution < 1.29 is 9.84 Å². The van der Waals surface area contributed by atoms with Gasteiger partial charge in [-0.2, -0.15) is 0 Å². The van der Waals surface area contributed by atoms with Crippen molar-refractivity contribution in [2.45, 2.75) is 51.6 Å². The molecule has 1 unspecified atom stereocenters. The molecule has 1 saturated heterocycles. The summed E-state index contributed by atoms with van der Waals surface area (Å²) in [5.41, 5.74) is 0. The highest BCUT2D eigenvalue weighted by molar-refractivity contribution is 4.67. The first-order chi connectivity index (χ1) is 5.93. The second-order valence-corrected chi connectivity index (χ2v) is 3.16. The van der Waals surface area contributed by atoms with Crippen molar-refractivity contribution in [3.8, 4) is 0 Å². The van der Waals surface area contributed by atoms with Gasteiger partial charge in [0.05, 0.1) is 12.7 Å². The van der Waals surface area contributed by atoms with E-state index in [1.165, 1.54) is 38.5 Å². The predicted octanol–water partition coefficient (Wildman–Crippen LogP) is 2.35. The summed E-state index contributed by atoms with van der Waals surface area (Å²) in [6.07, 6.45) is 8.93. The third-order valence-corrected chi connectivity index (χ3v) is 2.03. The van der Waals surface area contributed by atoms with E-state index in [2.05, 4.69) is 6.92 Å². The van der Waals surface area contributed by atoms with Crippen LogP contribution < -0.4 is 0 Å². The lowest BCUT2D eigenvalue weighted by atomic mass is 10.1. The van der Waals surface area contributed by atoms with Crippen LogP contribution in [0.5, 0.6) is 0 Å². The maximum Gasteiger partial charge on any atom is 0.0810 e. The molecule has 2 heteroatoms. The van der Waals surface area contributed by atoms with E-state index in [4.69, 9.17) is 9.84 Å². The molecule has 12 heavy (non-hydrogen) atoms. The van der Waals surface area contributed by atoms with E-state index in [1.807, 2.05) is 0 Å². The molecule has 1 aliphatic heterocycles. The van der Waals surface area contributed by atoms with Crippen molar-refractivity contribution in [3.63, 3.8) is 0 Å². The Morgan fingerprint density at radius 2 is 1.75 bits per heavy atom. The van der Waals surface area contributed by atoms with Crippen molar-refractivity contribution >= 4 is 0 Å². The summed E-state index contributed by atoms with van der Waals surface area (Å²) in [6, 6.07) is 0. The Balaban J connectivity index is 0.000000561. The molecule has 0 aromatic heterocycles. The molecule has 1 N–H and O–H groups in total. The lowest BCUT2D eigenvalue weighted by Gasteiger charge is -1.96. The minimum absolute atomic E-state index is 0.654. The molecular formula is C10H22O2. The smallest absolute Gasteiger partial charge is 0.0810 e. The quantitative estimate of drug-likeness (QED) is 0.495. The largest absolute Gasteiger partial charge is 0.400 e. The molecule has 1 heterocycles. The first kappa shape index (κ1) is 11.9. The highest BCUT2D eigenvalue weighted by Crippen LogP contribution is 2.17. The Morgan fingerprint density at radius 3 is 2.25 bits per heavy atom. The van der Waals surface area contributed by atoms with Gasteiger partial charge in [-0.1, -0.05) is 39.0 Å². The molecular weight excluding hydrogens is 152 g/mol. The molecule has 0 radical (unpaired) electrons. The number of aliphatic hydroxyl groups excluding tert-OH is 1. The number of hydrogen-bond donors (Lipinski definition) is 1. The molecule has 74 valence electrons. The standard InChI is InChI=1S/C9H18O.CH4O/c1-2-3-4-5-6-7-9-8-10-9;1-2/h9H,2-8H2,1H3;2H,1H3. The molecule has 0 bridgehead atoms. The first-order valence-electron chi connectivity index (χ1n) is 5.00. The van der Waals surface area contributed by atoms with E-state index < -0.39 is 0 Å². The number of ether oxygens (including phenoxy) is 1. The van der Waals surface area contributed by atoms with Gasteiger partial charge in [-0.05, 0) is 6.42 Å². The summed E-state index contributed by atoms with van der Waals surface area (Å²) >= 11 is 0. The van der Waals surface area contributed by atoms with Gasteiger partial charge in [-0.25, -0.2) is 0 Å². The van der Waals surface area contributed by atoms with Crippen LogP contribution in [0.4, 0.5) is 0 Å². The van der Waals surface area contributed by atoms with Gasteiger partial charge < -0.3 is 9.84 Å². The number of rotatable bonds is 6. The Labute approximate surface area is 75.9 Å². The van der Waals surface area contributed by atoms with Crippen LogP contribution in [0.15, 0.2) is 0 Å². The van der Waals surface area contributed by atoms with Crippen LogP contribution >= 0.6 is 0 Å². The van der Waals surface area contributed by atoms with Crippen LogP contribution in [0.1, 0.15) is 45.4 Å². The van der Waals surface area contributed by atoms with Crippen molar-refractivity contribution in [1.82, 2.24) is 0 Å². The van der Waals surface area contributed by atoms with Crippen molar-refractivity contribution in [1.29, 1.82) is 0 Å². The van der Waals surface area contributed by atoms with E-state index >= 15 is 0 Å². The molecule has 0 amide bonds. The summed E-state index contributed by atoms with van der Waals surface area (Å²) in [7, 11) is 1.00. The SMILES string of the molecule is CCCCCCCC1CO1.CO. The van der Waals surface area contributed by atoms with Gasteiger partial charge in [0.15, 0.2) is 0 Å². The van der Waals surface area contributed by atoms with Gasteiger partial charge in [0, 0.05) is 7.11 Å². The number of hydrogen-bond acceptors (Lipinski definition) is 2. The molecule has 2 nitrogen and oxygen atoms in total. The van der Waals surface area contributed by atoms with Crippen LogP contribution in [-0.4, -0.2) is 24.9 Å². The highest BCUT2D eigenvalue weighted by atomic mass is 16.6. The van der Waals surface area contributed by atoms with E-state index in [0.29, 0.717) is 6.10 Å². The minimum Gasteiger partial charge on any atom is -0.400 e. The average molecular weight is 174 g/mol. The van der Waals surface area contributed by atoms with Gasteiger partial charge in [-0.3, -0.25) is 0 Å². The fourth-order valence-corrected chi connectivity index (χ4v) is 1.21. The van der Waals surface area contributed by atoms with Crippen LogP contribution in [-0.2, 0) is 4.74 Å². The lowest BCUT2D eigenvalue weighted by Crippen LogP contribution is -1.84. The second kappa shape index (κ2) is 9.01. The van der Waals surface area contributed by atoms with Crippen LogP contribution in [0.2, 0.25) is 0 Å². The summed E-state index contributed by atoms with van der Waals surface area (Å²) in [5.74, 6) is 0. The van der Waals surface area contributed by atoms with E-state index in [-0.39, 0.29) is 0 Å². The van der Waals surface area contributed by atoms with E-state index in [0.717, 1.165) is 13.7 Å². The Kier molecular flexibility index (Phi) is 8.95. The molecule has 0 saturated carbocycles. The topological polar surface area (TPSA) is 32.8 Å². The third-order valence-electron chi connectivity index (χ3n) is 2.03. The van der Waals surface area contributed by atoms with Crippen molar-refractivity contribution in [2.75, 3.05) is 13.7 Å². The molecule has 1 rings (SSSR count). The Bertz CT molecular complexity index is 79.9. The predicted molar refractivity (Wildman–Crippen MR) is 51.3 cm³/mol. The lowest BCUT2D eigenvalue weighted by molar-refractivity contribution is 0.388. The van der Waals surface area contributed by atoms with E-state index in [9.17, 15) is 0 Å². The first-order valence-corrected chi connectivity index (χ1v) is 5.00. The van der Waals surface area contributed by atoms with Gasteiger partial charge >= 0.3 is 0 Å². The summed E-state index contributed by atoms with van der Waals surface area (Å²) in [4.78, 5) is 0. The monoisotopic (exact) mass is 174 g/mol. The van der Waals surface area contributed by atoms with Gasteiger partial charge in [0.2, 0.25) is 0 Å². The molecule has 0 aromatic rings. The van der Waals surface area contributed by atoms with Gasteiger partial charge in [0.1, 0.15) is 0 Å². The highest BCUT2D eigenvalue weighted by Gasteiger charge is 2.20. The fourth-order valence-electron chi connectivity index (χ4n) is 1.21. The van der Waals surface area contributed by atoms with Crippen LogP contribution in [0, 0.1) is 0 Å². The van der Waals surface area contributed by atoms with E-state index in [1.54, 1.807) is 0 Å². The Morgan fingerprint density at radius 1 is 1.17 bits per heavy atom. The molecule has 0 spiro atoms. The molecule has 1 aliphatic rings. The zero-order valence-electron chi connectivity index (χ0n) is 8.38. The molecule has 0 aliphatic carbocycles. The zero-order valence-corrected chi connectivity index (χ0v) is 8.38. The number of unbranched alkanes of at least 4 members (excludes halogenated alkanes) is 4. The van der Waals surface area contributed by atoms with Crippen LogP contribution in [0.3, 0.4) is 0 Å². The normalized spacial score (nSPS) is 19.8. The number of aliphatic hydroxyl groups is 1. The summed E-state index contributed by atoms with van der Waals surface area (Å²) in [6.45, 7) is 3.29. The molecule has 1 fully saturated rings. The molecule has 1 atom stereocenters. The van der Waals surface area contributed by atoms with Crippen LogP contribution in [0.25, 0.3) is 0 Å². The minimum atomic E-state index is 0.654. The Hall–Kier alpha value is -0.0800. The van der Waals surface area contributed by atoms with Crippen molar-refractivity contribution in [2.24, 2.45) is 0 Å². The maximum atomic E-state index is 7.00. The summed E-state index contributed by atoms with van der Waals surface area (Å²) < 4.78 is 5.12. The average Bonchev–Trinajstić information content (AvgIpc) is 2.92. The third kappa shape index (κ3) is 8.02.